The maximum Gasteiger partial charge on any atom is 0.415 e. The standard InChI is InChI=1S/C21H19FN8O4/c1-21(2)18(31)28-17-13(34-21)4-5-14(27-17)26-16-12(22)10-24-19(29-16)25-11-3-6-15(23-9-11)30-7-8-33-20(30)32/h3-6,9-10H,7-8H2,1-2H3,(H3,24,25,26,27,28,29,31). The molecule has 0 radical (unpaired) electrons. The highest BCUT2D eigenvalue weighted by Gasteiger charge is 2.36. The van der Waals surface area contributed by atoms with E-state index in [1.807, 2.05) is 0 Å². The lowest BCUT2D eigenvalue weighted by Gasteiger charge is -2.30. The summed E-state index contributed by atoms with van der Waals surface area (Å²) < 4.78 is 24.9. The molecule has 174 valence electrons. The first-order valence-electron chi connectivity index (χ1n) is 10.3. The van der Waals surface area contributed by atoms with Gasteiger partial charge in [0.05, 0.1) is 24.6 Å². The summed E-state index contributed by atoms with van der Waals surface area (Å²) in [6.45, 7) is 4.03. The molecule has 3 aromatic heterocycles. The molecule has 0 atom stereocenters. The van der Waals surface area contributed by atoms with E-state index < -0.39 is 17.5 Å². The Bertz CT molecular complexity index is 1280. The van der Waals surface area contributed by atoms with E-state index in [9.17, 15) is 14.0 Å². The van der Waals surface area contributed by atoms with Gasteiger partial charge in [0.25, 0.3) is 5.91 Å². The predicted octanol–water partition coefficient (Wildman–Crippen LogP) is 2.96. The van der Waals surface area contributed by atoms with Gasteiger partial charge in [-0.3, -0.25) is 9.69 Å². The van der Waals surface area contributed by atoms with Gasteiger partial charge in [0.1, 0.15) is 18.2 Å². The third kappa shape index (κ3) is 4.10. The number of cyclic esters (lactones) is 1. The van der Waals surface area contributed by atoms with Crippen molar-refractivity contribution in [2.45, 2.75) is 19.4 Å². The van der Waals surface area contributed by atoms with Crippen molar-refractivity contribution in [3.8, 4) is 5.75 Å². The van der Waals surface area contributed by atoms with E-state index in [0.717, 1.165) is 6.20 Å². The summed E-state index contributed by atoms with van der Waals surface area (Å²) in [5.74, 6) is 0.253. The number of amides is 2. The van der Waals surface area contributed by atoms with E-state index in [4.69, 9.17) is 9.47 Å². The van der Waals surface area contributed by atoms with Crippen molar-refractivity contribution < 1.29 is 23.5 Å². The summed E-state index contributed by atoms with van der Waals surface area (Å²) in [7, 11) is 0. The van der Waals surface area contributed by atoms with E-state index in [-0.39, 0.29) is 29.3 Å². The number of rotatable bonds is 5. The van der Waals surface area contributed by atoms with Gasteiger partial charge >= 0.3 is 6.09 Å². The van der Waals surface area contributed by atoms with Crippen molar-refractivity contribution in [1.82, 2.24) is 19.9 Å². The van der Waals surface area contributed by atoms with Gasteiger partial charge in [-0.05, 0) is 38.1 Å². The maximum absolute atomic E-state index is 14.4. The van der Waals surface area contributed by atoms with Crippen molar-refractivity contribution >= 4 is 46.9 Å². The zero-order chi connectivity index (χ0) is 23.9. The summed E-state index contributed by atoms with van der Waals surface area (Å²) in [4.78, 5) is 41.8. The van der Waals surface area contributed by atoms with E-state index >= 15 is 0 Å². The molecule has 0 unspecified atom stereocenters. The monoisotopic (exact) mass is 466 g/mol. The highest BCUT2D eigenvalue weighted by Crippen LogP contribution is 2.33. The Morgan fingerprint density at radius 3 is 2.68 bits per heavy atom. The number of hydrogen-bond acceptors (Lipinski definition) is 10. The highest BCUT2D eigenvalue weighted by molar-refractivity contribution is 5.99. The summed E-state index contributed by atoms with van der Waals surface area (Å²) in [5.41, 5.74) is -0.489. The van der Waals surface area contributed by atoms with E-state index in [1.165, 1.54) is 11.1 Å². The molecular formula is C21H19FN8O4. The minimum Gasteiger partial charge on any atom is -0.474 e. The third-order valence-electron chi connectivity index (χ3n) is 5.03. The topological polar surface area (TPSA) is 143 Å². The Labute approximate surface area is 192 Å². The fourth-order valence-corrected chi connectivity index (χ4v) is 3.25. The number of pyridine rings is 2. The Kier molecular flexibility index (Phi) is 5.07. The molecule has 2 aliphatic rings. The first kappa shape index (κ1) is 21.3. The average Bonchev–Trinajstić information content (AvgIpc) is 3.23. The number of halogens is 1. The van der Waals surface area contributed by atoms with E-state index in [0.29, 0.717) is 30.4 Å². The van der Waals surface area contributed by atoms with Gasteiger partial charge in [-0.2, -0.15) is 4.98 Å². The number of fused-ring (bicyclic) bond motifs is 1. The lowest BCUT2D eigenvalue weighted by atomic mass is 10.1. The van der Waals surface area contributed by atoms with Crippen molar-refractivity contribution in [3.05, 3.63) is 42.5 Å². The normalized spacial score (nSPS) is 16.3. The lowest BCUT2D eigenvalue weighted by molar-refractivity contribution is -0.129. The van der Waals surface area contributed by atoms with E-state index in [1.54, 1.807) is 38.1 Å². The lowest BCUT2D eigenvalue weighted by Crippen LogP contribution is -2.46. The van der Waals surface area contributed by atoms with E-state index in [2.05, 4.69) is 35.9 Å². The van der Waals surface area contributed by atoms with Crippen LogP contribution in [0.25, 0.3) is 0 Å². The second-order valence-electron chi connectivity index (χ2n) is 7.92. The summed E-state index contributed by atoms with van der Waals surface area (Å²) in [5, 5.41) is 8.37. The molecule has 34 heavy (non-hydrogen) atoms. The summed E-state index contributed by atoms with van der Waals surface area (Å²) >= 11 is 0. The van der Waals surface area contributed by atoms with Gasteiger partial charge in [0.2, 0.25) is 5.95 Å². The van der Waals surface area contributed by atoms with Crippen molar-refractivity contribution in [2.75, 3.05) is 34.0 Å². The Balaban J connectivity index is 1.31. The van der Waals surface area contributed by atoms with Gasteiger partial charge in [-0.1, -0.05) is 0 Å². The van der Waals surface area contributed by atoms with Crippen molar-refractivity contribution in [2.24, 2.45) is 0 Å². The zero-order valence-corrected chi connectivity index (χ0v) is 18.1. The summed E-state index contributed by atoms with van der Waals surface area (Å²) in [6, 6.07) is 6.52. The smallest absolute Gasteiger partial charge is 0.415 e. The van der Waals surface area contributed by atoms with Crippen LogP contribution in [0.4, 0.5) is 44.1 Å². The number of aromatic nitrogens is 4. The molecule has 3 aromatic rings. The van der Waals surface area contributed by atoms with Crippen LogP contribution in [-0.2, 0) is 9.53 Å². The van der Waals surface area contributed by atoms with Crippen LogP contribution in [0.2, 0.25) is 0 Å². The predicted molar refractivity (Wildman–Crippen MR) is 119 cm³/mol. The average molecular weight is 466 g/mol. The molecule has 0 aliphatic carbocycles. The molecule has 1 fully saturated rings. The number of anilines is 6. The number of nitrogens with zero attached hydrogens (tertiary/aromatic N) is 5. The van der Waals surface area contributed by atoms with Gasteiger partial charge < -0.3 is 25.4 Å². The number of nitrogens with one attached hydrogen (secondary N) is 3. The number of hydrogen-bond donors (Lipinski definition) is 3. The molecule has 0 aromatic carbocycles. The molecule has 1 saturated heterocycles. The Morgan fingerprint density at radius 2 is 1.94 bits per heavy atom. The Morgan fingerprint density at radius 1 is 1.09 bits per heavy atom. The molecule has 2 amide bonds. The largest absolute Gasteiger partial charge is 0.474 e. The van der Waals surface area contributed by atoms with Crippen molar-refractivity contribution in [3.63, 3.8) is 0 Å². The molecule has 13 heteroatoms. The third-order valence-corrected chi connectivity index (χ3v) is 5.03. The molecule has 2 aliphatic heterocycles. The fourth-order valence-electron chi connectivity index (χ4n) is 3.25. The second kappa shape index (κ2) is 8.10. The van der Waals surface area contributed by atoms with Gasteiger partial charge in [0.15, 0.2) is 28.8 Å². The summed E-state index contributed by atoms with van der Waals surface area (Å²) in [6.07, 6.45) is 2.05. The molecular weight excluding hydrogens is 447 g/mol. The minimum absolute atomic E-state index is 0.107. The maximum atomic E-state index is 14.4. The molecule has 5 heterocycles. The molecule has 5 rings (SSSR count). The fraction of sp³-hybridized carbons (Fsp3) is 0.238. The SMILES string of the molecule is CC1(C)Oc2ccc(Nc3nc(Nc4ccc(N5CCOC5=O)nc4)ncc3F)nc2NC1=O. The van der Waals surface area contributed by atoms with Gasteiger partial charge in [-0.15, -0.1) is 0 Å². The number of carbonyl (C=O) groups is 2. The van der Waals surface area contributed by atoms with Crippen LogP contribution in [0.3, 0.4) is 0 Å². The number of ether oxygens (including phenoxy) is 2. The second-order valence-corrected chi connectivity index (χ2v) is 7.92. The van der Waals surface area contributed by atoms with Gasteiger partial charge in [-0.25, -0.2) is 24.1 Å². The molecule has 0 saturated carbocycles. The zero-order valence-electron chi connectivity index (χ0n) is 18.1. The van der Waals surface area contributed by atoms with Crippen LogP contribution >= 0.6 is 0 Å². The van der Waals surface area contributed by atoms with Crippen LogP contribution < -0.4 is 25.6 Å². The molecule has 12 nitrogen and oxygen atoms in total. The van der Waals surface area contributed by atoms with Crippen molar-refractivity contribution in [1.29, 1.82) is 0 Å². The van der Waals surface area contributed by atoms with Crippen LogP contribution in [0, 0.1) is 5.82 Å². The Hall–Kier alpha value is -4.55. The minimum atomic E-state index is -1.02. The molecule has 3 N–H and O–H groups in total. The molecule has 0 spiro atoms. The van der Waals surface area contributed by atoms with Crippen LogP contribution in [0.15, 0.2) is 36.7 Å². The first-order valence-corrected chi connectivity index (χ1v) is 10.3. The number of carbonyl (C=O) groups excluding carboxylic acids is 2. The first-order chi connectivity index (χ1) is 16.3. The van der Waals surface area contributed by atoms with Crippen LogP contribution in [0.1, 0.15) is 13.8 Å². The highest BCUT2D eigenvalue weighted by atomic mass is 19.1. The van der Waals surface area contributed by atoms with Crippen LogP contribution in [-0.4, -0.2) is 50.7 Å². The van der Waals surface area contributed by atoms with Crippen LogP contribution in [0.5, 0.6) is 5.75 Å². The molecule has 0 bridgehead atoms. The van der Waals surface area contributed by atoms with Gasteiger partial charge in [0, 0.05) is 0 Å². The quantitative estimate of drug-likeness (QED) is 0.513.